The first kappa shape index (κ1) is 10.3. The number of hydrogen-bond acceptors (Lipinski definition) is 2. The van der Waals surface area contributed by atoms with E-state index in [1.807, 2.05) is 0 Å². The minimum Gasteiger partial charge on any atom is -0.283 e. The molecule has 0 spiro atoms. The maximum Gasteiger partial charge on any atom is 0.317 e. The van der Waals surface area contributed by atoms with Gasteiger partial charge in [-0.05, 0) is 6.92 Å². The molecule has 0 bridgehead atoms. The molecular formula is C6H5Cl2NO2. The largest absolute Gasteiger partial charge is 0.317 e. The van der Waals surface area contributed by atoms with E-state index < -0.39 is 11.7 Å². The SMILES string of the molecule is CC1=C(Cl)C=NC(=O)C1=O.Cl. The van der Waals surface area contributed by atoms with Crippen molar-refractivity contribution in [3.05, 3.63) is 10.6 Å². The summed E-state index contributed by atoms with van der Waals surface area (Å²) in [6, 6.07) is 0. The molecule has 0 aromatic rings. The zero-order chi connectivity index (χ0) is 7.72. The maximum absolute atomic E-state index is 10.7. The second-order valence-corrected chi connectivity index (χ2v) is 2.27. The lowest BCUT2D eigenvalue weighted by Gasteiger charge is -2.01. The highest BCUT2D eigenvalue weighted by molar-refractivity contribution is 6.52. The molecule has 0 aliphatic carbocycles. The predicted molar refractivity (Wildman–Crippen MR) is 44.3 cm³/mol. The van der Waals surface area contributed by atoms with Crippen LogP contribution in [0.25, 0.3) is 0 Å². The van der Waals surface area contributed by atoms with Crippen LogP contribution in [0.5, 0.6) is 0 Å². The van der Waals surface area contributed by atoms with Gasteiger partial charge in [0.15, 0.2) is 0 Å². The molecule has 1 rings (SSSR count). The molecule has 1 aliphatic rings. The number of halogens is 2. The van der Waals surface area contributed by atoms with Gasteiger partial charge in [0.1, 0.15) is 0 Å². The number of allylic oxidation sites excluding steroid dienone is 1. The van der Waals surface area contributed by atoms with Crippen LogP contribution in [0.15, 0.2) is 15.6 Å². The standard InChI is InChI=1S/C6H4ClNO2.ClH/c1-3-4(7)2-8-6(10)5(3)9;/h2H,1H3;1H. The lowest BCUT2D eigenvalue weighted by molar-refractivity contribution is -0.133. The summed E-state index contributed by atoms with van der Waals surface area (Å²) in [6.07, 6.45) is 1.18. The smallest absolute Gasteiger partial charge is 0.283 e. The van der Waals surface area contributed by atoms with Gasteiger partial charge in [0, 0.05) is 5.57 Å². The first-order valence-corrected chi connectivity index (χ1v) is 3.00. The van der Waals surface area contributed by atoms with Gasteiger partial charge in [0.05, 0.1) is 11.2 Å². The van der Waals surface area contributed by atoms with E-state index in [2.05, 4.69) is 4.99 Å². The van der Waals surface area contributed by atoms with E-state index in [9.17, 15) is 9.59 Å². The number of rotatable bonds is 0. The summed E-state index contributed by atoms with van der Waals surface area (Å²) in [7, 11) is 0. The molecule has 0 aromatic carbocycles. The number of aliphatic imine (C=N–C) groups is 1. The lowest BCUT2D eigenvalue weighted by Crippen LogP contribution is -2.17. The van der Waals surface area contributed by atoms with Crippen molar-refractivity contribution in [2.75, 3.05) is 0 Å². The average molecular weight is 194 g/mol. The molecule has 0 saturated carbocycles. The molecule has 0 aromatic heterocycles. The van der Waals surface area contributed by atoms with Crippen molar-refractivity contribution >= 4 is 41.9 Å². The summed E-state index contributed by atoms with van der Waals surface area (Å²) in [4.78, 5) is 24.5. The molecule has 0 fully saturated rings. The van der Waals surface area contributed by atoms with Crippen molar-refractivity contribution in [1.29, 1.82) is 0 Å². The van der Waals surface area contributed by atoms with E-state index in [1.165, 1.54) is 13.1 Å². The zero-order valence-corrected chi connectivity index (χ0v) is 7.20. The molecule has 60 valence electrons. The summed E-state index contributed by atoms with van der Waals surface area (Å²) in [6.45, 7) is 1.49. The number of carbonyl (C=O) groups excluding carboxylic acids is 2. The Kier molecular flexibility index (Phi) is 3.42. The number of hydrogen-bond donors (Lipinski definition) is 0. The molecule has 0 atom stereocenters. The van der Waals surface area contributed by atoms with Gasteiger partial charge < -0.3 is 0 Å². The van der Waals surface area contributed by atoms with Gasteiger partial charge in [-0.2, -0.15) is 0 Å². The van der Waals surface area contributed by atoms with Crippen LogP contribution in [-0.2, 0) is 9.59 Å². The molecule has 1 amide bonds. The topological polar surface area (TPSA) is 46.5 Å². The molecule has 0 unspecified atom stereocenters. The van der Waals surface area contributed by atoms with E-state index in [0.29, 0.717) is 0 Å². The minimum absolute atomic E-state index is 0. The third kappa shape index (κ3) is 1.88. The van der Waals surface area contributed by atoms with E-state index in [0.717, 1.165) is 0 Å². The van der Waals surface area contributed by atoms with E-state index in [4.69, 9.17) is 11.6 Å². The van der Waals surface area contributed by atoms with Gasteiger partial charge in [0.2, 0.25) is 5.78 Å². The fraction of sp³-hybridized carbons (Fsp3) is 0.167. The van der Waals surface area contributed by atoms with Gasteiger partial charge in [-0.3, -0.25) is 9.59 Å². The zero-order valence-electron chi connectivity index (χ0n) is 5.63. The van der Waals surface area contributed by atoms with Crippen LogP contribution in [0, 0.1) is 0 Å². The third-order valence-corrected chi connectivity index (χ3v) is 1.57. The van der Waals surface area contributed by atoms with Crippen LogP contribution in [-0.4, -0.2) is 17.9 Å². The number of Topliss-reactive ketones (excluding diaryl/α,β-unsaturated/α-hetero) is 1. The van der Waals surface area contributed by atoms with Crippen molar-refractivity contribution < 1.29 is 9.59 Å². The molecule has 1 aliphatic heterocycles. The average Bonchev–Trinajstić information content (AvgIpc) is 1.93. The van der Waals surface area contributed by atoms with Gasteiger partial charge in [-0.25, -0.2) is 4.99 Å². The number of amides is 1. The molecule has 0 saturated heterocycles. The second-order valence-electron chi connectivity index (χ2n) is 1.87. The van der Waals surface area contributed by atoms with Crippen LogP contribution in [0.2, 0.25) is 0 Å². The number of dihydropyridines is 1. The van der Waals surface area contributed by atoms with Crippen LogP contribution < -0.4 is 0 Å². The van der Waals surface area contributed by atoms with Gasteiger partial charge in [-0.15, -0.1) is 12.4 Å². The van der Waals surface area contributed by atoms with Crippen LogP contribution in [0.3, 0.4) is 0 Å². The van der Waals surface area contributed by atoms with Crippen molar-refractivity contribution in [3.8, 4) is 0 Å². The monoisotopic (exact) mass is 193 g/mol. The Labute approximate surface area is 74.5 Å². The Morgan fingerprint density at radius 1 is 1.45 bits per heavy atom. The Balaban J connectivity index is 0.000001000. The number of nitrogens with zero attached hydrogens (tertiary/aromatic N) is 1. The fourth-order valence-corrected chi connectivity index (χ4v) is 0.674. The molecule has 0 N–H and O–H groups in total. The Morgan fingerprint density at radius 3 is 2.45 bits per heavy atom. The Hall–Kier alpha value is -0.670. The Morgan fingerprint density at radius 2 is 2.00 bits per heavy atom. The third-order valence-electron chi connectivity index (χ3n) is 1.19. The van der Waals surface area contributed by atoms with Crippen molar-refractivity contribution in [2.24, 2.45) is 4.99 Å². The highest BCUT2D eigenvalue weighted by atomic mass is 35.5. The van der Waals surface area contributed by atoms with Crippen LogP contribution in [0.1, 0.15) is 6.92 Å². The van der Waals surface area contributed by atoms with Crippen LogP contribution in [0.4, 0.5) is 0 Å². The lowest BCUT2D eigenvalue weighted by atomic mass is 10.1. The summed E-state index contributed by atoms with van der Waals surface area (Å²) >= 11 is 5.48. The molecular weight excluding hydrogens is 189 g/mol. The predicted octanol–water partition coefficient (Wildman–Crippen LogP) is 1.10. The highest BCUT2D eigenvalue weighted by Gasteiger charge is 2.20. The summed E-state index contributed by atoms with van der Waals surface area (Å²) in [5.74, 6) is -1.37. The second kappa shape index (κ2) is 3.64. The summed E-state index contributed by atoms with van der Waals surface area (Å²) in [5.41, 5.74) is 0.265. The number of carbonyl (C=O) groups is 2. The first-order valence-electron chi connectivity index (χ1n) is 2.62. The molecule has 11 heavy (non-hydrogen) atoms. The molecule has 1 heterocycles. The Bertz CT molecular complexity index is 268. The first-order chi connectivity index (χ1) is 4.63. The maximum atomic E-state index is 10.7. The van der Waals surface area contributed by atoms with Crippen molar-refractivity contribution in [2.45, 2.75) is 6.92 Å². The normalized spacial score (nSPS) is 16.9. The van der Waals surface area contributed by atoms with Gasteiger partial charge in [0.25, 0.3) is 0 Å². The molecule has 0 radical (unpaired) electrons. The van der Waals surface area contributed by atoms with Crippen molar-refractivity contribution in [3.63, 3.8) is 0 Å². The van der Waals surface area contributed by atoms with E-state index in [1.54, 1.807) is 0 Å². The highest BCUT2D eigenvalue weighted by Crippen LogP contribution is 2.12. The quantitative estimate of drug-likeness (QED) is 0.542. The molecule has 5 heteroatoms. The van der Waals surface area contributed by atoms with E-state index >= 15 is 0 Å². The summed E-state index contributed by atoms with van der Waals surface area (Å²) in [5, 5.41) is 0.240. The van der Waals surface area contributed by atoms with E-state index in [-0.39, 0.29) is 23.0 Å². The van der Waals surface area contributed by atoms with Crippen LogP contribution >= 0.6 is 24.0 Å². The van der Waals surface area contributed by atoms with Gasteiger partial charge >= 0.3 is 5.91 Å². The number of ketones is 1. The van der Waals surface area contributed by atoms with Gasteiger partial charge in [-0.1, -0.05) is 11.6 Å². The summed E-state index contributed by atoms with van der Waals surface area (Å²) < 4.78 is 0. The van der Waals surface area contributed by atoms with Crippen molar-refractivity contribution in [1.82, 2.24) is 0 Å². The minimum atomic E-state index is -0.748. The molecule has 3 nitrogen and oxygen atoms in total. The fourth-order valence-electron chi connectivity index (χ4n) is 0.540.